The summed E-state index contributed by atoms with van der Waals surface area (Å²) in [6, 6.07) is 2.02. The Hall–Kier alpha value is -0.930. The van der Waals surface area contributed by atoms with Gasteiger partial charge in [-0.25, -0.2) is 8.42 Å². The molecular weight excluding hydrogens is 365 g/mol. The molecule has 128 valence electrons. The summed E-state index contributed by atoms with van der Waals surface area (Å²) >= 11 is 11.7. The van der Waals surface area contributed by atoms with Crippen LogP contribution in [0.1, 0.15) is 20.3 Å². The predicted molar refractivity (Wildman–Crippen MR) is 88.2 cm³/mol. The lowest BCUT2D eigenvalue weighted by Gasteiger charge is -2.41. The van der Waals surface area contributed by atoms with Crippen LogP contribution in [0.25, 0.3) is 0 Å². The molecule has 0 aliphatic carbocycles. The maximum atomic E-state index is 12.9. The Morgan fingerprint density at radius 3 is 2.52 bits per heavy atom. The van der Waals surface area contributed by atoms with Crippen molar-refractivity contribution in [3.8, 4) is 0 Å². The number of benzene rings is 1. The highest BCUT2D eigenvalue weighted by Crippen LogP contribution is 2.38. The van der Waals surface area contributed by atoms with Gasteiger partial charge >= 0.3 is 0 Å². The lowest BCUT2D eigenvalue weighted by Crippen LogP contribution is -2.53. The first-order chi connectivity index (χ1) is 10.5. The smallest absolute Gasteiger partial charge is 0.292 e. The van der Waals surface area contributed by atoms with Crippen LogP contribution in [-0.2, 0) is 10.0 Å². The first-order valence-corrected chi connectivity index (χ1v) is 9.05. The highest BCUT2D eigenvalue weighted by atomic mass is 35.5. The number of nitro groups is 1. The van der Waals surface area contributed by atoms with E-state index >= 15 is 0 Å². The standard InChI is InChI=1S/C13H17Cl2N3O4S/c1-13(2)7-17(4-3-11(13)16)23(21,22)12-9(15)5-8(14)6-10(12)18(19)20/h5-6,11H,3-4,7,16H2,1-2H3. The second-order valence-corrected chi connectivity index (χ2v) is 8.93. The maximum Gasteiger partial charge on any atom is 0.292 e. The van der Waals surface area contributed by atoms with Gasteiger partial charge in [-0.2, -0.15) is 4.31 Å². The van der Waals surface area contributed by atoms with Gasteiger partial charge in [0.15, 0.2) is 4.90 Å². The first-order valence-electron chi connectivity index (χ1n) is 6.86. The zero-order chi connectivity index (χ0) is 17.6. The van der Waals surface area contributed by atoms with E-state index in [-0.39, 0.29) is 29.2 Å². The van der Waals surface area contributed by atoms with Crippen molar-refractivity contribution in [1.82, 2.24) is 4.31 Å². The van der Waals surface area contributed by atoms with Crippen molar-refractivity contribution >= 4 is 38.9 Å². The molecule has 0 radical (unpaired) electrons. The molecule has 0 spiro atoms. The molecule has 1 unspecified atom stereocenters. The fourth-order valence-corrected chi connectivity index (χ4v) is 5.18. The van der Waals surface area contributed by atoms with Crippen molar-refractivity contribution in [2.45, 2.75) is 31.2 Å². The molecule has 0 bridgehead atoms. The molecule has 23 heavy (non-hydrogen) atoms. The van der Waals surface area contributed by atoms with Crippen molar-refractivity contribution < 1.29 is 13.3 Å². The van der Waals surface area contributed by atoms with Gasteiger partial charge in [-0.05, 0) is 17.9 Å². The highest BCUT2D eigenvalue weighted by molar-refractivity contribution is 7.89. The third kappa shape index (κ3) is 3.46. The number of rotatable bonds is 3. The van der Waals surface area contributed by atoms with Crippen molar-refractivity contribution in [2.75, 3.05) is 13.1 Å². The molecule has 7 nitrogen and oxygen atoms in total. The molecule has 1 aromatic rings. The molecule has 2 N–H and O–H groups in total. The van der Waals surface area contributed by atoms with E-state index in [1.165, 1.54) is 10.4 Å². The van der Waals surface area contributed by atoms with Crippen LogP contribution < -0.4 is 5.73 Å². The van der Waals surface area contributed by atoms with Gasteiger partial charge in [-0.15, -0.1) is 0 Å². The van der Waals surface area contributed by atoms with Crippen LogP contribution in [0.4, 0.5) is 5.69 Å². The van der Waals surface area contributed by atoms with E-state index in [0.29, 0.717) is 6.42 Å². The minimum absolute atomic E-state index is 0.00152. The van der Waals surface area contributed by atoms with E-state index in [4.69, 9.17) is 28.9 Å². The highest BCUT2D eigenvalue weighted by Gasteiger charge is 2.42. The van der Waals surface area contributed by atoms with Gasteiger partial charge in [0.2, 0.25) is 0 Å². The number of nitrogens with two attached hydrogens (primary N) is 1. The number of sulfonamides is 1. The number of hydrogen-bond acceptors (Lipinski definition) is 5. The SMILES string of the molecule is CC1(C)CN(S(=O)(=O)c2c(Cl)cc(Cl)cc2[N+](=O)[O-])CCC1N. The molecule has 0 aromatic heterocycles. The second kappa shape index (κ2) is 6.18. The fraction of sp³-hybridized carbons (Fsp3) is 0.538. The van der Waals surface area contributed by atoms with Gasteiger partial charge in [0.1, 0.15) is 0 Å². The molecule has 2 rings (SSSR count). The van der Waals surface area contributed by atoms with Crippen LogP contribution in [0.5, 0.6) is 0 Å². The summed E-state index contributed by atoms with van der Waals surface area (Å²) in [4.78, 5) is 9.89. The normalized spacial score (nSPS) is 22.0. The topological polar surface area (TPSA) is 107 Å². The minimum atomic E-state index is -4.13. The van der Waals surface area contributed by atoms with Crippen LogP contribution in [0, 0.1) is 15.5 Å². The second-order valence-electron chi connectivity index (χ2n) is 6.22. The van der Waals surface area contributed by atoms with Crippen molar-refractivity contribution in [1.29, 1.82) is 0 Å². The molecule has 1 saturated heterocycles. The van der Waals surface area contributed by atoms with Crippen LogP contribution in [-0.4, -0.2) is 36.8 Å². The van der Waals surface area contributed by atoms with Crippen LogP contribution >= 0.6 is 23.2 Å². The summed E-state index contributed by atoms with van der Waals surface area (Å²) in [7, 11) is -4.13. The molecule has 1 aliphatic rings. The summed E-state index contributed by atoms with van der Waals surface area (Å²) in [5, 5.41) is 11.0. The molecule has 1 heterocycles. The van der Waals surface area contributed by atoms with Crippen molar-refractivity contribution in [3.63, 3.8) is 0 Å². The summed E-state index contributed by atoms with van der Waals surface area (Å²) < 4.78 is 27.0. The van der Waals surface area contributed by atoms with E-state index in [1.807, 2.05) is 13.8 Å². The minimum Gasteiger partial charge on any atom is -0.327 e. The lowest BCUT2D eigenvalue weighted by atomic mass is 9.81. The number of nitro benzene ring substituents is 1. The number of hydrogen-bond donors (Lipinski definition) is 1. The first kappa shape index (κ1) is 18.4. The zero-order valence-corrected chi connectivity index (χ0v) is 15.0. The van der Waals surface area contributed by atoms with E-state index in [1.54, 1.807) is 0 Å². The molecule has 1 atom stereocenters. The Morgan fingerprint density at radius 1 is 1.39 bits per heavy atom. The maximum absolute atomic E-state index is 12.9. The number of piperidine rings is 1. The predicted octanol–water partition coefficient (Wildman–Crippen LogP) is 2.65. The van der Waals surface area contributed by atoms with Crippen LogP contribution in [0.15, 0.2) is 17.0 Å². The molecule has 10 heteroatoms. The number of nitrogens with zero attached hydrogens (tertiary/aromatic N) is 2. The van der Waals surface area contributed by atoms with Crippen molar-refractivity contribution in [3.05, 3.63) is 32.3 Å². The average molecular weight is 382 g/mol. The van der Waals surface area contributed by atoms with Crippen molar-refractivity contribution in [2.24, 2.45) is 11.1 Å². The molecule has 1 aromatic carbocycles. The Bertz CT molecular complexity index is 752. The summed E-state index contributed by atoms with van der Waals surface area (Å²) in [6.07, 6.45) is 0.464. The summed E-state index contributed by atoms with van der Waals surface area (Å²) in [6.45, 7) is 4.06. The van der Waals surface area contributed by atoms with Gasteiger partial charge in [0, 0.05) is 30.2 Å². The molecule has 0 amide bonds. The summed E-state index contributed by atoms with van der Waals surface area (Å²) in [5.74, 6) is 0. The fourth-order valence-electron chi connectivity index (χ4n) is 2.60. The number of halogens is 2. The summed E-state index contributed by atoms with van der Waals surface area (Å²) in [5.41, 5.74) is 4.94. The monoisotopic (exact) mass is 381 g/mol. The Balaban J connectivity index is 2.55. The molecule has 1 aliphatic heterocycles. The molecule has 0 saturated carbocycles. The molecular formula is C13H17Cl2N3O4S. The third-order valence-corrected chi connectivity index (χ3v) is 6.63. The largest absolute Gasteiger partial charge is 0.327 e. The Morgan fingerprint density at radius 2 is 2.00 bits per heavy atom. The Kier molecular flexibility index (Phi) is 4.94. The third-order valence-electron chi connectivity index (χ3n) is 4.06. The van der Waals surface area contributed by atoms with Gasteiger partial charge in [0.25, 0.3) is 15.7 Å². The van der Waals surface area contributed by atoms with E-state index in [0.717, 1.165) is 6.07 Å². The molecule has 1 fully saturated rings. The van der Waals surface area contributed by atoms with Gasteiger partial charge in [0.05, 0.1) is 9.95 Å². The van der Waals surface area contributed by atoms with Crippen LogP contribution in [0.2, 0.25) is 10.0 Å². The van der Waals surface area contributed by atoms with Gasteiger partial charge < -0.3 is 5.73 Å². The van der Waals surface area contributed by atoms with Gasteiger partial charge in [-0.3, -0.25) is 10.1 Å². The quantitative estimate of drug-likeness (QED) is 0.639. The lowest BCUT2D eigenvalue weighted by molar-refractivity contribution is -0.387. The van der Waals surface area contributed by atoms with E-state index < -0.39 is 30.9 Å². The average Bonchev–Trinajstić information content (AvgIpc) is 2.40. The van der Waals surface area contributed by atoms with Gasteiger partial charge in [-0.1, -0.05) is 37.0 Å². The van der Waals surface area contributed by atoms with E-state index in [2.05, 4.69) is 0 Å². The zero-order valence-electron chi connectivity index (χ0n) is 12.6. The van der Waals surface area contributed by atoms with E-state index in [9.17, 15) is 18.5 Å². The Labute approximate surface area is 144 Å². The van der Waals surface area contributed by atoms with Crippen LogP contribution in [0.3, 0.4) is 0 Å².